The molecule has 1 unspecified atom stereocenters. The van der Waals surface area contributed by atoms with Crippen LogP contribution in [0, 0.1) is 0 Å². The SMILES string of the molecule is CCOC(=O)CC(c1ccc(OC)nc1)c1nc(Br)cs1. The zero-order valence-electron chi connectivity index (χ0n) is 11.7. The quantitative estimate of drug-likeness (QED) is 0.729. The second-order valence-electron chi connectivity index (χ2n) is 4.20. The minimum absolute atomic E-state index is 0.168. The smallest absolute Gasteiger partial charge is 0.306 e. The fourth-order valence-corrected chi connectivity index (χ4v) is 3.27. The average molecular weight is 371 g/mol. The molecule has 112 valence electrons. The molecule has 0 spiro atoms. The molecule has 0 saturated heterocycles. The standard InChI is InChI=1S/C14H15BrN2O3S/c1-3-20-13(18)6-10(14-17-11(15)8-21-14)9-4-5-12(19-2)16-7-9/h4-5,7-8,10H,3,6H2,1-2H3. The molecule has 0 saturated carbocycles. The van der Waals surface area contributed by atoms with E-state index in [1.165, 1.54) is 11.3 Å². The van der Waals surface area contributed by atoms with Gasteiger partial charge in [-0.15, -0.1) is 11.3 Å². The van der Waals surface area contributed by atoms with E-state index in [4.69, 9.17) is 9.47 Å². The first-order valence-corrected chi connectivity index (χ1v) is 8.07. The number of halogens is 1. The van der Waals surface area contributed by atoms with Gasteiger partial charge in [0.15, 0.2) is 0 Å². The third-order valence-corrected chi connectivity index (χ3v) is 4.51. The van der Waals surface area contributed by atoms with Crippen molar-refractivity contribution in [3.05, 3.63) is 38.9 Å². The Bertz CT molecular complexity index is 601. The Labute approximate surface area is 135 Å². The van der Waals surface area contributed by atoms with Crippen molar-refractivity contribution in [2.45, 2.75) is 19.3 Å². The van der Waals surface area contributed by atoms with Crippen molar-refractivity contribution >= 4 is 33.2 Å². The van der Waals surface area contributed by atoms with Crippen LogP contribution in [0.15, 0.2) is 28.3 Å². The zero-order chi connectivity index (χ0) is 15.2. The second-order valence-corrected chi connectivity index (χ2v) is 5.91. The Morgan fingerprint density at radius 1 is 1.48 bits per heavy atom. The van der Waals surface area contributed by atoms with E-state index < -0.39 is 0 Å². The molecule has 0 aromatic carbocycles. The van der Waals surface area contributed by atoms with Crippen LogP contribution in [-0.2, 0) is 9.53 Å². The molecule has 0 radical (unpaired) electrons. The minimum atomic E-state index is -0.246. The number of nitrogens with zero attached hydrogens (tertiary/aromatic N) is 2. The van der Waals surface area contributed by atoms with E-state index in [-0.39, 0.29) is 18.3 Å². The number of methoxy groups -OCH3 is 1. The molecule has 2 heterocycles. The average Bonchev–Trinajstić information content (AvgIpc) is 2.91. The lowest BCUT2D eigenvalue weighted by Crippen LogP contribution is -2.12. The van der Waals surface area contributed by atoms with Gasteiger partial charge in [0.25, 0.3) is 0 Å². The van der Waals surface area contributed by atoms with E-state index in [1.54, 1.807) is 26.3 Å². The Balaban J connectivity index is 2.27. The van der Waals surface area contributed by atoms with Gasteiger partial charge in [0.1, 0.15) is 9.61 Å². The predicted molar refractivity (Wildman–Crippen MR) is 83.7 cm³/mol. The van der Waals surface area contributed by atoms with Crippen LogP contribution in [0.3, 0.4) is 0 Å². The molecule has 7 heteroatoms. The van der Waals surface area contributed by atoms with E-state index in [9.17, 15) is 4.79 Å². The number of esters is 1. The fraction of sp³-hybridized carbons (Fsp3) is 0.357. The van der Waals surface area contributed by atoms with Crippen molar-refractivity contribution in [3.63, 3.8) is 0 Å². The van der Waals surface area contributed by atoms with Crippen LogP contribution < -0.4 is 4.74 Å². The highest BCUT2D eigenvalue weighted by molar-refractivity contribution is 9.10. The zero-order valence-corrected chi connectivity index (χ0v) is 14.1. The molecular weight excluding hydrogens is 356 g/mol. The van der Waals surface area contributed by atoms with Gasteiger partial charge in [0, 0.05) is 23.6 Å². The topological polar surface area (TPSA) is 61.3 Å². The molecule has 0 aliphatic carbocycles. The van der Waals surface area contributed by atoms with Gasteiger partial charge in [-0.2, -0.15) is 0 Å². The molecule has 0 N–H and O–H groups in total. The van der Waals surface area contributed by atoms with Crippen LogP contribution in [0.25, 0.3) is 0 Å². The van der Waals surface area contributed by atoms with Gasteiger partial charge in [-0.3, -0.25) is 4.79 Å². The van der Waals surface area contributed by atoms with Crippen LogP contribution in [0.2, 0.25) is 0 Å². The number of hydrogen-bond donors (Lipinski definition) is 0. The normalized spacial score (nSPS) is 12.0. The predicted octanol–water partition coefficient (Wildman–Crippen LogP) is 3.39. The molecule has 1 atom stereocenters. The van der Waals surface area contributed by atoms with Gasteiger partial charge in [-0.25, -0.2) is 9.97 Å². The molecule has 0 bridgehead atoms. The summed E-state index contributed by atoms with van der Waals surface area (Å²) in [6.45, 7) is 2.16. The fourth-order valence-electron chi connectivity index (χ4n) is 1.88. The number of hydrogen-bond acceptors (Lipinski definition) is 6. The number of rotatable bonds is 6. The van der Waals surface area contributed by atoms with Crippen LogP contribution in [0.5, 0.6) is 5.88 Å². The number of aromatic nitrogens is 2. The van der Waals surface area contributed by atoms with Crippen molar-refractivity contribution in [3.8, 4) is 5.88 Å². The van der Waals surface area contributed by atoms with Crippen LogP contribution in [-0.4, -0.2) is 29.7 Å². The molecule has 21 heavy (non-hydrogen) atoms. The molecule has 0 amide bonds. The first-order chi connectivity index (χ1) is 10.1. The highest BCUT2D eigenvalue weighted by atomic mass is 79.9. The molecular formula is C14H15BrN2O3S. The van der Waals surface area contributed by atoms with Crippen molar-refractivity contribution in [1.29, 1.82) is 0 Å². The summed E-state index contributed by atoms with van der Waals surface area (Å²) in [6.07, 6.45) is 1.94. The van der Waals surface area contributed by atoms with E-state index in [1.807, 2.05) is 11.4 Å². The Kier molecular flexibility index (Phi) is 5.69. The van der Waals surface area contributed by atoms with Crippen molar-refractivity contribution < 1.29 is 14.3 Å². The van der Waals surface area contributed by atoms with Gasteiger partial charge < -0.3 is 9.47 Å². The van der Waals surface area contributed by atoms with E-state index in [0.29, 0.717) is 12.5 Å². The lowest BCUT2D eigenvalue weighted by Gasteiger charge is -2.14. The number of carbonyl (C=O) groups is 1. The summed E-state index contributed by atoms with van der Waals surface area (Å²) in [5.74, 6) is 0.123. The maximum Gasteiger partial charge on any atom is 0.306 e. The highest BCUT2D eigenvalue weighted by Crippen LogP contribution is 2.32. The summed E-state index contributed by atoms with van der Waals surface area (Å²) in [4.78, 5) is 20.4. The maximum atomic E-state index is 11.8. The second kappa shape index (κ2) is 7.51. The first-order valence-electron chi connectivity index (χ1n) is 6.40. The monoisotopic (exact) mass is 370 g/mol. The van der Waals surface area contributed by atoms with Crippen LogP contribution in [0.1, 0.15) is 29.8 Å². The molecule has 2 aromatic rings. The van der Waals surface area contributed by atoms with Crippen LogP contribution in [0.4, 0.5) is 0 Å². The van der Waals surface area contributed by atoms with E-state index in [2.05, 4.69) is 25.9 Å². The lowest BCUT2D eigenvalue weighted by molar-refractivity contribution is -0.143. The van der Waals surface area contributed by atoms with Crippen molar-refractivity contribution in [2.75, 3.05) is 13.7 Å². The largest absolute Gasteiger partial charge is 0.481 e. The van der Waals surface area contributed by atoms with Crippen LogP contribution >= 0.6 is 27.3 Å². The van der Waals surface area contributed by atoms with E-state index in [0.717, 1.165) is 15.2 Å². The number of thiazole rings is 1. The molecule has 5 nitrogen and oxygen atoms in total. The maximum absolute atomic E-state index is 11.8. The summed E-state index contributed by atoms with van der Waals surface area (Å²) in [7, 11) is 1.57. The molecule has 2 aromatic heterocycles. The first kappa shape index (κ1) is 15.9. The number of carbonyl (C=O) groups excluding carboxylic acids is 1. The molecule has 0 fully saturated rings. The summed E-state index contributed by atoms with van der Waals surface area (Å²) in [6, 6.07) is 3.67. The lowest BCUT2D eigenvalue weighted by atomic mass is 9.98. The minimum Gasteiger partial charge on any atom is -0.481 e. The number of ether oxygens (including phenoxy) is 2. The Morgan fingerprint density at radius 2 is 2.29 bits per heavy atom. The summed E-state index contributed by atoms with van der Waals surface area (Å²) < 4.78 is 10.9. The summed E-state index contributed by atoms with van der Waals surface area (Å²) in [5.41, 5.74) is 0.908. The van der Waals surface area contributed by atoms with Crippen molar-refractivity contribution in [2.24, 2.45) is 0 Å². The summed E-state index contributed by atoms with van der Waals surface area (Å²) >= 11 is 4.84. The third-order valence-electron chi connectivity index (χ3n) is 2.84. The van der Waals surface area contributed by atoms with Crippen molar-refractivity contribution in [1.82, 2.24) is 9.97 Å². The van der Waals surface area contributed by atoms with Gasteiger partial charge in [-0.1, -0.05) is 6.07 Å². The summed E-state index contributed by atoms with van der Waals surface area (Å²) in [5, 5.41) is 2.74. The van der Waals surface area contributed by atoms with Gasteiger partial charge in [0.05, 0.1) is 20.1 Å². The molecule has 2 rings (SSSR count). The molecule has 0 aliphatic rings. The van der Waals surface area contributed by atoms with Gasteiger partial charge >= 0.3 is 5.97 Å². The Morgan fingerprint density at radius 3 is 2.81 bits per heavy atom. The molecule has 0 aliphatic heterocycles. The van der Waals surface area contributed by atoms with Gasteiger partial charge in [0.2, 0.25) is 5.88 Å². The van der Waals surface area contributed by atoms with Gasteiger partial charge in [-0.05, 0) is 28.4 Å². The van der Waals surface area contributed by atoms with E-state index >= 15 is 0 Å². The number of pyridine rings is 1. The Hall–Kier alpha value is -1.47. The highest BCUT2D eigenvalue weighted by Gasteiger charge is 2.22. The third kappa shape index (κ3) is 4.25.